The number of hydrogen-bond acceptors (Lipinski definition) is 4. The summed E-state index contributed by atoms with van der Waals surface area (Å²) < 4.78 is 10.7. The van der Waals surface area contributed by atoms with Gasteiger partial charge in [0.05, 0.1) is 7.11 Å². The molecule has 1 aromatic heterocycles. The molecule has 0 radical (unpaired) electrons. The predicted molar refractivity (Wildman–Crippen MR) is 69.4 cm³/mol. The summed E-state index contributed by atoms with van der Waals surface area (Å²) in [6.07, 6.45) is 0. The highest BCUT2D eigenvalue weighted by atomic mass is 35.5. The van der Waals surface area contributed by atoms with E-state index in [9.17, 15) is 0 Å². The molecule has 0 saturated heterocycles. The Kier molecular flexibility index (Phi) is 4.23. The molecule has 94 valence electrons. The SMILES string of the molecule is COc1cccc(COc2cc(Cl)nnc2Cl)c1. The van der Waals surface area contributed by atoms with Crippen molar-refractivity contribution in [1.82, 2.24) is 10.2 Å². The summed E-state index contributed by atoms with van der Waals surface area (Å²) in [7, 11) is 1.61. The van der Waals surface area contributed by atoms with Crippen LogP contribution in [0.15, 0.2) is 30.3 Å². The summed E-state index contributed by atoms with van der Waals surface area (Å²) >= 11 is 11.6. The number of hydrogen-bond donors (Lipinski definition) is 0. The minimum absolute atomic E-state index is 0.183. The van der Waals surface area contributed by atoms with E-state index in [0.717, 1.165) is 11.3 Å². The van der Waals surface area contributed by atoms with Gasteiger partial charge >= 0.3 is 0 Å². The van der Waals surface area contributed by atoms with Crippen LogP contribution in [0.25, 0.3) is 0 Å². The van der Waals surface area contributed by atoms with Crippen LogP contribution in [-0.2, 0) is 6.61 Å². The number of benzene rings is 1. The second kappa shape index (κ2) is 5.89. The van der Waals surface area contributed by atoms with E-state index < -0.39 is 0 Å². The van der Waals surface area contributed by atoms with Crippen LogP contribution in [-0.4, -0.2) is 17.3 Å². The van der Waals surface area contributed by atoms with Gasteiger partial charge in [0.15, 0.2) is 16.1 Å². The summed E-state index contributed by atoms with van der Waals surface area (Å²) in [5, 5.41) is 7.68. The van der Waals surface area contributed by atoms with Crippen molar-refractivity contribution in [1.29, 1.82) is 0 Å². The summed E-state index contributed by atoms with van der Waals surface area (Å²) in [5.74, 6) is 1.17. The fourth-order valence-corrected chi connectivity index (χ4v) is 1.65. The number of halogens is 2. The molecule has 6 heteroatoms. The largest absolute Gasteiger partial charge is 0.497 e. The third-order valence-corrected chi connectivity index (χ3v) is 2.66. The second-order valence-corrected chi connectivity index (χ2v) is 4.21. The molecule has 2 rings (SSSR count). The molecule has 1 aromatic carbocycles. The normalized spacial score (nSPS) is 10.2. The summed E-state index contributed by atoms with van der Waals surface area (Å²) in [5.41, 5.74) is 0.957. The molecule has 0 atom stereocenters. The van der Waals surface area contributed by atoms with E-state index in [4.69, 9.17) is 32.7 Å². The third kappa shape index (κ3) is 3.24. The van der Waals surface area contributed by atoms with Crippen LogP contribution in [0.3, 0.4) is 0 Å². The molecule has 2 aromatic rings. The van der Waals surface area contributed by atoms with E-state index in [-0.39, 0.29) is 10.3 Å². The molecular weight excluding hydrogens is 275 g/mol. The highest BCUT2D eigenvalue weighted by molar-refractivity contribution is 6.32. The van der Waals surface area contributed by atoms with Gasteiger partial charge in [0, 0.05) is 6.07 Å². The van der Waals surface area contributed by atoms with Crippen molar-refractivity contribution < 1.29 is 9.47 Å². The van der Waals surface area contributed by atoms with E-state index in [2.05, 4.69) is 10.2 Å². The van der Waals surface area contributed by atoms with Gasteiger partial charge in [0.1, 0.15) is 12.4 Å². The minimum Gasteiger partial charge on any atom is -0.497 e. The quantitative estimate of drug-likeness (QED) is 0.864. The van der Waals surface area contributed by atoms with Crippen molar-refractivity contribution in [2.75, 3.05) is 7.11 Å². The molecule has 0 amide bonds. The average molecular weight is 285 g/mol. The average Bonchev–Trinajstić information content (AvgIpc) is 2.40. The van der Waals surface area contributed by atoms with Gasteiger partial charge in [-0.3, -0.25) is 0 Å². The lowest BCUT2D eigenvalue weighted by molar-refractivity contribution is 0.303. The molecule has 0 aliphatic carbocycles. The Morgan fingerprint density at radius 2 is 2.00 bits per heavy atom. The molecular formula is C12H10Cl2N2O2. The van der Waals surface area contributed by atoms with Crippen molar-refractivity contribution >= 4 is 23.2 Å². The lowest BCUT2D eigenvalue weighted by Crippen LogP contribution is -1.98. The first-order chi connectivity index (χ1) is 8.69. The topological polar surface area (TPSA) is 44.2 Å². The fraction of sp³-hybridized carbons (Fsp3) is 0.167. The van der Waals surface area contributed by atoms with Gasteiger partial charge in [-0.25, -0.2) is 0 Å². The number of methoxy groups -OCH3 is 1. The van der Waals surface area contributed by atoms with Gasteiger partial charge in [-0.05, 0) is 17.7 Å². The summed E-state index contributed by atoms with van der Waals surface area (Å²) in [4.78, 5) is 0. The molecule has 0 saturated carbocycles. The smallest absolute Gasteiger partial charge is 0.193 e. The molecule has 0 bridgehead atoms. The Labute approximate surface area is 114 Å². The van der Waals surface area contributed by atoms with Crippen LogP contribution in [0.5, 0.6) is 11.5 Å². The number of aromatic nitrogens is 2. The molecule has 1 heterocycles. The molecule has 4 nitrogen and oxygen atoms in total. The van der Waals surface area contributed by atoms with E-state index in [1.165, 1.54) is 6.07 Å². The molecule has 0 spiro atoms. The molecule has 18 heavy (non-hydrogen) atoms. The molecule has 0 aliphatic heterocycles. The zero-order valence-electron chi connectivity index (χ0n) is 9.56. The maximum atomic E-state index is 5.84. The molecule has 0 aliphatic rings. The van der Waals surface area contributed by atoms with Crippen LogP contribution in [0.2, 0.25) is 10.3 Å². The zero-order chi connectivity index (χ0) is 13.0. The van der Waals surface area contributed by atoms with Crippen molar-refractivity contribution in [2.24, 2.45) is 0 Å². The van der Waals surface area contributed by atoms with Gasteiger partial charge in [-0.2, -0.15) is 0 Å². The number of rotatable bonds is 4. The first-order valence-corrected chi connectivity index (χ1v) is 5.89. The van der Waals surface area contributed by atoms with E-state index in [0.29, 0.717) is 12.4 Å². The third-order valence-electron chi connectivity index (χ3n) is 2.22. The molecule has 0 fully saturated rings. The second-order valence-electron chi connectivity index (χ2n) is 3.46. The Bertz CT molecular complexity index is 549. The minimum atomic E-state index is 0.183. The van der Waals surface area contributed by atoms with Crippen LogP contribution in [0.4, 0.5) is 0 Å². The number of nitrogens with zero attached hydrogens (tertiary/aromatic N) is 2. The lowest BCUT2D eigenvalue weighted by Gasteiger charge is -2.08. The Morgan fingerprint density at radius 1 is 1.17 bits per heavy atom. The van der Waals surface area contributed by atoms with Crippen molar-refractivity contribution in [3.05, 3.63) is 46.2 Å². The Hall–Kier alpha value is -1.52. The first kappa shape index (κ1) is 12.9. The van der Waals surface area contributed by atoms with Crippen LogP contribution in [0, 0.1) is 0 Å². The zero-order valence-corrected chi connectivity index (χ0v) is 11.1. The highest BCUT2D eigenvalue weighted by Gasteiger charge is 2.06. The van der Waals surface area contributed by atoms with Crippen molar-refractivity contribution in [3.8, 4) is 11.5 Å². The summed E-state index contributed by atoms with van der Waals surface area (Å²) in [6, 6.07) is 9.08. The Balaban J connectivity index is 2.08. The van der Waals surface area contributed by atoms with Gasteiger partial charge in [0.25, 0.3) is 0 Å². The summed E-state index contributed by atoms with van der Waals surface area (Å²) in [6.45, 7) is 0.346. The predicted octanol–water partition coefficient (Wildman–Crippen LogP) is 3.37. The number of ether oxygens (including phenoxy) is 2. The van der Waals surface area contributed by atoms with E-state index in [1.54, 1.807) is 7.11 Å². The maximum Gasteiger partial charge on any atom is 0.193 e. The van der Waals surface area contributed by atoms with E-state index >= 15 is 0 Å². The van der Waals surface area contributed by atoms with Crippen LogP contribution in [0.1, 0.15) is 5.56 Å². The van der Waals surface area contributed by atoms with Gasteiger partial charge < -0.3 is 9.47 Å². The lowest BCUT2D eigenvalue weighted by atomic mass is 10.2. The van der Waals surface area contributed by atoms with Crippen molar-refractivity contribution in [3.63, 3.8) is 0 Å². The van der Waals surface area contributed by atoms with Crippen LogP contribution < -0.4 is 9.47 Å². The van der Waals surface area contributed by atoms with Crippen molar-refractivity contribution in [2.45, 2.75) is 6.61 Å². The maximum absolute atomic E-state index is 5.84. The standard InChI is InChI=1S/C12H10Cl2N2O2/c1-17-9-4-2-3-8(5-9)7-18-10-6-11(13)15-16-12(10)14/h2-6H,7H2,1H3. The first-order valence-electron chi connectivity index (χ1n) is 5.13. The molecule has 0 N–H and O–H groups in total. The molecule has 0 unspecified atom stereocenters. The van der Waals surface area contributed by atoms with Gasteiger partial charge in [-0.15, -0.1) is 10.2 Å². The monoisotopic (exact) mass is 284 g/mol. The fourth-order valence-electron chi connectivity index (χ4n) is 1.36. The van der Waals surface area contributed by atoms with Crippen LogP contribution >= 0.6 is 23.2 Å². The van der Waals surface area contributed by atoms with Gasteiger partial charge in [0.2, 0.25) is 0 Å². The highest BCUT2D eigenvalue weighted by Crippen LogP contribution is 2.24. The van der Waals surface area contributed by atoms with Gasteiger partial charge in [-0.1, -0.05) is 35.3 Å². The van der Waals surface area contributed by atoms with E-state index in [1.807, 2.05) is 24.3 Å². The Morgan fingerprint density at radius 3 is 2.78 bits per heavy atom.